The Morgan fingerprint density at radius 3 is 2.39 bits per heavy atom. The first-order chi connectivity index (χ1) is 11.2. The van der Waals surface area contributed by atoms with Gasteiger partial charge in [0.05, 0.1) is 4.88 Å². The Hall–Kier alpha value is -1.97. The van der Waals surface area contributed by atoms with Gasteiger partial charge in [-0.1, -0.05) is 68.4 Å². The van der Waals surface area contributed by atoms with E-state index in [1.807, 2.05) is 12.3 Å². The molecular weight excluding hydrogens is 300 g/mol. The highest BCUT2D eigenvalue weighted by Crippen LogP contribution is 2.27. The minimum absolute atomic E-state index is 0.572. The minimum Gasteiger partial charge on any atom is -0.306 e. The normalized spacial score (nSPS) is 11.1. The molecule has 0 radical (unpaired) electrons. The molecule has 0 aliphatic rings. The number of nitrogens with zero attached hydrogens (tertiary/aromatic N) is 1. The van der Waals surface area contributed by atoms with E-state index in [-0.39, 0.29) is 0 Å². The van der Waals surface area contributed by atoms with Crippen molar-refractivity contribution in [2.45, 2.75) is 32.9 Å². The molecule has 0 amide bonds. The minimum atomic E-state index is 0.572. The lowest BCUT2D eigenvalue weighted by Gasteiger charge is -2.05. The van der Waals surface area contributed by atoms with Gasteiger partial charge < -0.3 is 5.32 Å². The van der Waals surface area contributed by atoms with E-state index >= 15 is 0 Å². The molecule has 0 spiro atoms. The summed E-state index contributed by atoms with van der Waals surface area (Å²) >= 11 is 1.76. The van der Waals surface area contributed by atoms with Crippen LogP contribution in [0.5, 0.6) is 0 Å². The fourth-order valence-electron chi connectivity index (χ4n) is 2.47. The predicted molar refractivity (Wildman–Crippen MR) is 98.6 cm³/mol. The van der Waals surface area contributed by atoms with Crippen molar-refractivity contribution in [1.82, 2.24) is 10.3 Å². The molecule has 2 nitrogen and oxygen atoms in total. The third kappa shape index (κ3) is 4.27. The third-order valence-corrected chi connectivity index (χ3v) is 4.91. The fraction of sp³-hybridized carbons (Fsp3) is 0.250. The highest BCUT2D eigenvalue weighted by Gasteiger charge is 2.05. The smallest absolute Gasteiger partial charge is 0.107 e. The molecule has 3 heteroatoms. The zero-order chi connectivity index (χ0) is 16.1. The second-order valence-corrected chi connectivity index (χ2v) is 7.10. The molecule has 0 atom stereocenters. The summed E-state index contributed by atoms with van der Waals surface area (Å²) in [5.74, 6) is 0.572. The summed E-state index contributed by atoms with van der Waals surface area (Å²) in [4.78, 5) is 5.77. The number of benzene rings is 2. The van der Waals surface area contributed by atoms with Gasteiger partial charge in [-0.05, 0) is 22.6 Å². The molecular formula is C20H22N2S. The maximum Gasteiger partial charge on any atom is 0.107 e. The van der Waals surface area contributed by atoms with Crippen molar-refractivity contribution in [1.29, 1.82) is 0 Å². The molecule has 0 bridgehead atoms. The molecule has 0 aliphatic carbocycles. The van der Waals surface area contributed by atoms with Gasteiger partial charge in [-0.25, -0.2) is 4.98 Å². The Balaban J connectivity index is 1.59. The van der Waals surface area contributed by atoms with Gasteiger partial charge in [0.25, 0.3) is 0 Å². The van der Waals surface area contributed by atoms with Crippen LogP contribution in [0.1, 0.15) is 35.9 Å². The molecule has 1 N–H and O–H groups in total. The van der Waals surface area contributed by atoms with E-state index in [4.69, 9.17) is 0 Å². The van der Waals surface area contributed by atoms with Gasteiger partial charge in [-0.2, -0.15) is 0 Å². The second kappa shape index (κ2) is 7.53. The summed E-state index contributed by atoms with van der Waals surface area (Å²) in [6, 6.07) is 19.3. The van der Waals surface area contributed by atoms with Gasteiger partial charge >= 0.3 is 0 Å². The van der Waals surface area contributed by atoms with Crippen molar-refractivity contribution < 1.29 is 0 Å². The standard InChI is InChI=1S/C20H22N2S/c1-15(2)17-8-10-18(11-9-17)19-13-22-20(23-19)14-21-12-16-6-4-3-5-7-16/h3-11,13,15,21H,12,14H2,1-2H3. The molecule has 23 heavy (non-hydrogen) atoms. The van der Waals surface area contributed by atoms with Crippen molar-refractivity contribution in [3.8, 4) is 10.4 Å². The Morgan fingerprint density at radius 2 is 1.70 bits per heavy atom. The van der Waals surface area contributed by atoms with Gasteiger partial charge in [-0.3, -0.25) is 0 Å². The molecule has 2 aromatic carbocycles. The molecule has 3 rings (SSSR count). The number of aromatic nitrogens is 1. The van der Waals surface area contributed by atoms with Crippen LogP contribution in [0.15, 0.2) is 60.8 Å². The van der Waals surface area contributed by atoms with Crippen LogP contribution in [0.2, 0.25) is 0 Å². The van der Waals surface area contributed by atoms with Crippen LogP contribution in [0.3, 0.4) is 0 Å². The summed E-state index contributed by atoms with van der Waals surface area (Å²) in [5, 5.41) is 4.58. The summed E-state index contributed by atoms with van der Waals surface area (Å²) in [6.45, 7) is 6.12. The Labute approximate surface area is 142 Å². The maximum absolute atomic E-state index is 4.54. The lowest BCUT2D eigenvalue weighted by Crippen LogP contribution is -2.12. The molecule has 0 saturated carbocycles. The van der Waals surface area contributed by atoms with Gasteiger partial charge in [-0.15, -0.1) is 11.3 Å². The van der Waals surface area contributed by atoms with Gasteiger partial charge in [0.15, 0.2) is 0 Å². The van der Waals surface area contributed by atoms with Crippen LogP contribution >= 0.6 is 11.3 Å². The van der Waals surface area contributed by atoms with E-state index in [0.717, 1.165) is 18.1 Å². The van der Waals surface area contributed by atoms with E-state index in [0.29, 0.717) is 5.92 Å². The van der Waals surface area contributed by atoms with Crippen molar-refractivity contribution in [2.75, 3.05) is 0 Å². The predicted octanol–water partition coefficient (Wildman–Crippen LogP) is 5.22. The summed E-state index contributed by atoms with van der Waals surface area (Å²) in [7, 11) is 0. The van der Waals surface area contributed by atoms with E-state index < -0.39 is 0 Å². The summed E-state index contributed by atoms with van der Waals surface area (Å²) in [5.41, 5.74) is 3.93. The van der Waals surface area contributed by atoms with Gasteiger partial charge in [0.2, 0.25) is 0 Å². The van der Waals surface area contributed by atoms with Crippen LogP contribution in [-0.4, -0.2) is 4.98 Å². The Kier molecular flexibility index (Phi) is 5.21. The average molecular weight is 322 g/mol. The molecule has 3 aromatic rings. The van der Waals surface area contributed by atoms with Crippen LogP contribution in [0.25, 0.3) is 10.4 Å². The highest BCUT2D eigenvalue weighted by molar-refractivity contribution is 7.15. The van der Waals surface area contributed by atoms with Gasteiger partial charge in [0, 0.05) is 19.3 Å². The SMILES string of the molecule is CC(C)c1ccc(-c2cnc(CNCc3ccccc3)s2)cc1. The first-order valence-electron chi connectivity index (χ1n) is 8.02. The van der Waals surface area contributed by atoms with E-state index in [9.17, 15) is 0 Å². The molecule has 1 heterocycles. The number of nitrogens with one attached hydrogen (secondary N) is 1. The Morgan fingerprint density at radius 1 is 0.957 bits per heavy atom. The van der Waals surface area contributed by atoms with E-state index in [1.165, 1.54) is 21.6 Å². The van der Waals surface area contributed by atoms with Crippen molar-refractivity contribution >= 4 is 11.3 Å². The molecule has 0 unspecified atom stereocenters. The van der Waals surface area contributed by atoms with Crippen LogP contribution < -0.4 is 5.32 Å². The van der Waals surface area contributed by atoms with Crippen molar-refractivity contribution in [3.63, 3.8) is 0 Å². The lowest BCUT2D eigenvalue weighted by molar-refractivity contribution is 0.690. The van der Waals surface area contributed by atoms with Crippen molar-refractivity contribution in [2.24, 2.45) is 0 Å². The van der Waals surface area contributed by atoms with E-state index in [2.05, 4.69) is 72.7 Å². The molecule has 0 aliphatic heterocycles. The van der Waals surface area contributed by atoms with Crippen LogP contribution in [0.4, 0.5) is 0 Å². The number of rotatable bonds is 6. The third-order valence-electron chi connectivity index (χ3n) is 3.86. The number of hydrogen-bond donors (Lipinski definition) is 1. The van der Waals surface area contributed by atoms with Crippen LogP contribution in [0, 0.1) is 0 Å². The topological polar surface area (TPSA) is 24.9 Å². The zero-order valence-electron chi connectivity index (χ0n) is 13.6. The van der Waals surface area contributed by atoms with Crippen molar-refractivity contribution in [3.05, 3.63) is 76.9 Å². The number of thiazole rings is 1. The molecule has 1 aromatic heterocycles. The molecule has 0 fully saturated rings. The second-order valence-electron chi connectivity index (χ2n) is 5.98. The zero-order valence-corrected chi connectivity index (χ0v) is 14.4. The fourth-order valence-corrected chi connectivity index (χ4v) is 3.36. The lowest BCUT2D eigenvalue weighted by atomic mass is 10.0. The largest absolute Gasteiger partial charge is 0.306 e. The Bertz CT molecular complexity index is 730. The highest BCUT2D eigenvalue weighted by atomic mass is 32.1. The summed E-state index contributed by atoms with van der Waals surface area (Å²) < 4.78 is 0. The quantitative estimate of drug-likeness (QED) is 0.672. The average Bonchev–Trinajstić information content (AvgIpc) is 3.05. The number of hydrogen-bond acceptors (Lipinski definition) is 3. The molecule has 118 valence electrons. The maximum atomic E-state index is 4.54. The van der Waals surface area contributed by atoms with Crippen LogP contribution in [-0.2, 0) is 13.1 Å². The summed E-state index contributed by atoms with van der Waals surface area (Å²) in [6.07, 6.45) is 1.98. The monoisotopic (exact) mass is 322 g/mol. The first kappa shape index (κ1) is 15.9. The van der Waals surface area contributed by atoms with E-state index in [1.54, 1.807) is 11.3 Å². The first-order valence-corrected chi connectivity index (χ1v) is 8.83. The molecule has 0 saturated heterocycles. The van der Waals surface area contributed by atoms with Gasteiger partial charge in [0.1, 0.15) is 5.01 Å².